The molecule has 8 heteroatoms. The Hall–Kier alpha value is -3.29. The number of benzene rings is 1. The molecule has 1 aliphatic rings. The zero-order chi connectivity index (χ0) is 19.5. The number of nitrogens with zero attached hydrogens (tertiary/aromatic N) is 5. The van der Waals surface area contributed by atoms with E-state index in [2.05, 4.69) is 15.0 Å². The predicted molar refractivity (Wildman–Crippen MR) is 99.6 cm³/mol. The highest BCUT2D eigenvalue weighted by Gasteiger charge is 2.27. The lowest BCUT2D eigenvalue weighted by molar-refractivity contribution is 0.0696. The number of piperidine rings is 1. The summed E-state index contributed by atoms with van der Waals surface area (Å²) in [6.45, 7) is 1.26. The third kappa shape index (κ3) is 3.85. The molecule has 3 aromatic rings. The maximum Gasteiger partial charge on any atom is 0.289 e. The Morgan fingerprint density at radius 1 is 1.25 bits per heavy atom. The zero-order valence-corrected chi connectivity index (χ0v) is 15.5. The number of carbonyl (C=O) groups excluding carboxylic acids is 1. The molecule has 0 saturated carbocycles. The minimum Gasteiger partial charge on any atom is -0.437 e. The summed E-state index contributed by atoms with van der Waals surface area (Å²) in [6.07, 6.45) is 8.19. The lowest BCUT2D eigenvalue weighted by Gasteiger charge is -2.31. The topological polar surface area (TPSA) is 73.1 Å². The SMILES string of the molecule is Cn1ccnc1C(=O)N1CCC(c2cncc(Oc3cccc(F)c3)n2)CC1. The number of rotatable bonds is 4. The molecule has 0 bridgehead atoms. The summed E-state index contributed by atoms with van der Waals surface area (Å²) < 4.78 is 20.7. The number of carbonyl (C=O) groups is 1. The molecule has 0 unspecified atom stereocenters. The monoisotopic (exact) mass is 381 g/mol. The van der Waals surface area contributed by atoms with Gasteiger partial charge in [-0.25, -0.2) is 14.4 Å². The first kappa shape index (κ1) is 18.1. The van der Waals surface area contributed by atoms with Crippen LogP contribution in [0.25, 0.3) is 0 Å². The van der Waals surface area contributed by atoms with Crippen LogP contribution in [0.15, 0.2) is 49.1 Å². The van der Waals surface area contributed by atoms with Gasteiger partial charge >= 0.3 is 0 Å². The van der Waals surface area contributed by atoms with Crippen LogP contribution in [0.3, 0.4) is 0 Å². The molecule has 1 amide bonds. The lowest BCUT2D eigenvalue weighted by atomic mass is 9.93. The number of aryl methyl sites for hydroxylation is 1. The van der Waals surface area contributed by atoms with E-state index >= 15 is 0 Å². The molecular formula is C20H20FN5O2. The van der Waals surface area contributed by atoms with Crippen LogP contribution in [0.4, 0.5) is 4.39 Å². The minimum atomic E-state index is -0.369. The number of hydrogen-bond donors (Lipinski definition) is 0. The third-order valence-electron chi connectivity index (χ3n) is 4.86. The van der Waals surface area contributed by atoms with Gasteiger partial charge in [-0.2, -0.15) is 0 Å². The summed E-state index contributed by atoms with van der Waals surface area (Å²) in [4.78, 5) is 27.3. The molecule has 0 atom stereocenters. The van der Waals surface area contributed by atoms with Crippen LogP contribution in [0.5, 0.6) is 11.6 Å². The normalized spacial score (nSPS) is 14.9. The summed E-state index contributed by atoms with van der Waals surface area (Å²) >= 11 is 0. The predicted octanol–water partition coefficient (Wildman–Crippen LogP) is 3.16. The van der Waals surface area contributed by atoms with Crippen molar-refractivity contribution in [1.82, 2.24) is 24.4 Å². The largest absolute Gasteiger partial charge is 0.437 e. The fraction of sp³-hybridized carbons (Fsp3) is 0.300. The van der Waals surface area contributed by atoms with Gasteiger partial charge in [-0.1, -0.05) is 6.07 Å². The van der Waals surface area contributed by atoms with Gasteiger partial charge in [0.25, 0.3) is 5.91 Å². The zero-order valence-electron chi connectivity index (χ0n) is 15.5. The van der Waals surface area contributed by atoms with Crippen molar-refractivity contribution in [2.24, 2.45) is 7.05 Å². The Labute approximate surface area is 161 Å². The van der Waals surface area contributed by atoms with Crippen LogP contribution in [0.1, 0.15) is 35.1 Å². The molecule has 0 spiro atoms. The number of halogens is 1. The standard InChI is InChI=1S/C20H20FN5O2/c1-25-10-7-23-19(25)20(27)26-8-5-14(6-9-26)17-12-22-13-18(24-17)28-16-4-2-3-15(21)11-16/h2-4,7,10-14H,5-6,8-9H2,1H3. The molecule has 0 radical (unpaired) electrons. The van der Waals surface area contributed by atoms with Crippen molar-refractivity contribution in [3.8, 4) is 11.6 Å². The van der Waals surface area contributed by atoms with Crippen LogP contribution >= 0.6 is 0 Å². The summed E-state index contributed by atoms with van der Waals surface area (Å²) in [5.74, 6) is 0.917. The molecule has 7 nitrogen and oxygen atoms in total. The summed E-state index contributed by atoms with van der Waals surface area (Å²) in [6, 6.07) is 5.90. The smallest absolute Gasteiger partial charge is 0.289 e. The number of imidazole rings is 1. The van der Waals surface area contributed by atoms with E-state index in [1.165, 1.54) is 18.3 Å². The molecule has 1 fully saturated rings. The van der Waals surface area contributed by atoms with Crippen LogP contribution in [-0.2, 0) is 7.05 Å². The second-order valence-electron chi connectivity index (χ2n) is 6.77. The molecule has 0 aliphatic carbocycles. The Balaban J connectivity index is 1.41. The first-order valence-electron chi connectivity index (χ1n) is 9.12. The summed E-state index contributed by atoms with van der Waals surface area (Å²) in [5, 5.41) is 0. The first-order chi connectivity index (χ1) is 13.6. The third-order valence-corrected chi connectivity index (χ3v) is 4.86. The van der Waals surface area contributed by atoms with E-state index in [4.69, 9.17) is 4.74 Å². The second kappa shape index (κ2) is 7.75. The Bertz CT molecular complexity index is 982. The van der Waals surface area contributed by atoms with E-state index in [0.717, 1.165) is 18.5 Å². The van der Waals surface area contributed by atoms with E-state index in [9.17, 15) is 9.18 Å². The van der Waals surface area contributed by atoms with Crippen molar-refractivity contribution < 1.29 is 13.9 Å². The highest BCUT2D eigenvalue weighted by molar-refractivity contribution is 5.90. The molecule has 144 valence electrons. The summed E-state index contributed by atoms with van der Waals surface area (Å²) in [5.41, 5.74) is 0.818. The molecular weight excluding hydrogens is 361 g/mol. The number of aromatic nitrogens is 4. The molecule has 2 aromatic heterocycles. The molecule has 28 heavy (non-hydrogen) atoms. The molecule has 1 aliphatic heterocycles. The quantitative estimate of drug-likeness (QED) is 0.694. The Morgan fingerprint density at radius 3 is 2.79 bits per heavy atom. The van der Waals surface area contributed by atoms with E-state index in [-0.39, 0.29) is 17.6 Å². The number of likely N-dealkylation sites (tertiary alicyclic amines) is 1. The maximum atomic E-state index is 13.3. The van der Waals surface area contributed by atoms with Gasteiger partial charge in [0, 0.05) is 50.7 Å². The maximum absolute atomic E-state index is 13.3. The number of amides is 1. The average Bonchev–Trinajstić information content (AvgIpc) is 3.14. The van der Waals surface area contributed by atoms with Gasteiger partial charge in [0.05, 0.1) is 11.9 Å². The van der Waals surface area contributed by atoms with Gasteiger partial charge < -0.3 is 14.2 Å². The number of ether oxygens (including phenoxy) is 1. The average molecular weight is 381 g/mol. The van der Waals surface area contributed by atoms with E-state index < -0.39 is 0 Å². The van der Waals surface area contributed by atoms with Crippen molar-refractivity contribution in [3.63, 3.8) is 0 Å². The molecule has 0 N–H and O–H groups in total. The van der Waals surface area contributed by atoms with Crippen LogP contribution in [0, 0.1) is 5.82 Å². The van der Waals surface area contributed by atoms with Crippen molar-refractivity contribution in [1.29, 1.82) is 0 Å². The number of hydrogen-bond acceptors (Lipinski definition) is 5. The first-order valence-corrected chi connectivity index (χ1v) is 9.12. The van der Waals surface area contributed by atoms with E-state index in [1.54, 1.807) is 35.3 Å². The molecule has 3 heterocycles. The lowest BCUT2D eigenvalue weighted by Crippen LogP contribution is -2.39. The fourth-order valence-corrected chi connectivity index (χ4v) is 3.35. The van der Waals surface area contributed by atoms with E-state index in [0.29, 0.717) is 30.5 Å². The molecule has 1 aromatic carbocycles. The van der Waals surface area contributed by atoms with Crippen molar-refractivity contribution in [2.45, 2.75) is 18.8 Å². The minimum absolute atomic E-state index is 0.0553. The van der Waals surface area contributed by atoms with Gasteiger partial charge in [0.2, 0.25) is 5.88 Å². The Morgan fingerprint density at radius 2 is 2.07 bits per heavy atom. The second-order valence-corrected chi connectivity index (χ2v) is 6.77. The Kier molecular flexibility index (Phi) is 5.01. The van der Waals surface area contributed by atoms with E-state index in [1.807, 2.05) is 11.9 Å². The van der Waals surface area contributed by atoms with Gasteiger partial charge in [-0.05, 0) is 25.0 Å². The van der Waals surface area contributed by atoms with Crippen molar-refractivity contribution in [2.75, 3.05) is 13.1 Å². The van der Waals surface area contributed by atoms with Crippen molar-refractivity contribution in [3.05, 3.63) is 66.4 Å². The van der Waals surface area contributed by atoms with Gasteiger partial charge in [-0.3, -0.25) is 9.78 Å². The van der Waals surface area contributed by atoms with Gasteiger partial charge in [0.15, 0.2) is 5.82 Å². The molecule has 1 saturated heterocycles. The fourth-order valence-electron chi connectivity index (χ4n) is 3.35. The molecule has 4 rings (SSSR count). The van der Waals surface area contributed by atoms with Gasteiger partial charge in [0.1, 0.15) is 11.6 Å². The highest BCUT2D eigenvalue weighted by Crippen LogP contribution is 2.29. The van der Waals surface area contributed by atoms with Crippen LogP contribution in [0.2, 0.25) is 0 Å². The van der Waals surface area contributed by atoms with Crippen molar-refractivity contribution >= 4 is 5.91 Å². The summed E-state index contributed by atoms with van der Waals surface area (Å²) in [7, 11) is 1.81. The van der Waals surface area contributed by atoms with Crippen LogP contribution < -0.4 is 4.74 Å². The van der Waals surface area contributed by atoms with Gasteiger partial charge in [-0.15, -0.1) is 0 Å². The highest BCUT2D eigenvalue weighted by atomic mass is 19.1. The van der Waals surface area contributed by atoms with Crippen LogP contribution in [-0.4, -0.2) is 43.4 Å².